The summed E-state index contributed by atoms with van der Waals surface area (Å²) in [5.74, 6) is 0.513. The minimum absolute atomic E-state index is 0.00278. The van der Waals surface area contributed by atoms with Gasteiger partial charge in [0.05, 0.1) is 24.6 Å². The van der Waals surface area contributed by atoms with Gasteiger partial charge in [-0.3, -0.25) is 14.5 Å². The molecule has 0 unspecified atom stereocenters. The van der Waals surface area contributed by atoms with Gasteiger partial charge >= 0.3 is 0 Å². The van der Waals surface area contributed by atoms with E-state index in [1.807, 2.05) is 49.4 Å². The van der Waals surface area contributed by atoms with Gasteiger partial charge in [0.1, 0.15) is 12.4 Å². The Labute approximate surface area is 264 Å². The van der Waals surface area contributed by atoms with Crippen LogP contribution in [0, 0.1) is 13.8 Å². The lowest BCUT2D eigenvalue weighted by molar-refractivity contribution is 0.0323. The van der Waals surface area contributed by atoms with Gasteiger partial charge in [0.2, 0.25) is 0 Å². The molecule has 0 saturated carbocycles. The molecule has 4 aromatic rings. The standard InChI is InChI=1S/C35H42N6O4/c1-22-27(7-6-8-29(22)39-33(42)24-9-11-25(12-10-24)35(3,4)5)31-23(2)37-34(43)32(40-31)38-26-13-14-30(28(36)21-26)45-20-17-41-15-18-44-19-16-41/h6-14,21H,15-20,36H2,1-5H3,(H,37,43)(H,38,40)(H,39,42). The highest BCUT2D eigenvalue weighted by atomic mass is 16.5. The maximum atomic E-state index is 13.1. The molecule has 1 fully saturated rings. The lowest BCUT2D eigenvalue weighted by Crippen LogP contribution is -2.38. The SMILES string of the molecule is Cc1[nH]c(=O)c(Nc2ccc(OCCN3CCOCC3)c(N)c2)nc1-c1cccc(NC(=O)c2ccc(C(C)(C)C)cc2)c1C. The summed E-state index contributed by atoms with van der Waals surface area (Å²) in [5.41, 5.74) is 12.2. The van der Waals surface area contributed by atoms with Gasteiger partial charge < -0.3 is 30.8 Å². The van der Waals surface area contributed by atoms with E-state index < -0.39 is 0 Å². The average Bonchev–Trinajstić information content (AvgIpc) is 3.01. The van der Waals surface area contributed by atoms with E-state index in [2.05, 4.69) is 41.3 Å². The topological polar surface area (TPSA) is 135 Å². The van der Waals surface area contributed by atoms with Crippen LogP contribution in [0.5, 0.6) is 5.75 Å². The predicted octanol–water partition coefficient (Wildman–Crippen LogP) is 5.64. The van der Waals surface area contributed by atoms with Crippen molar-refractivity contribution in [2.24, 2.45) is 0 Å². The molecule has 0 radical (unpaired) electrons. The number of hydrogen-bond donors (Lipinski definition) is 4. The summed E-state index contributed by atoms with van der Waals surface area (Å²) < 4.78 is 11.3. The van der Waals surface area contributed by atoms with Crippen LogP contribution in [0.2, 0.25) is 0 Å². The zero-order valence-corrected chi connectivity index (χ0v) is 26.6. The first-order chi connectivity index (χ1) is 21.5. The number of anilines is 4. The number of benzene rings is 3. The van der Waals surface area contributed by atoms with E-state index in [0.717, 1.165) is 49.5 Å². The third-order valence-corrected chi connectivity index (χ3v) is 7.99. The molecular formula is C35H42N6O4. The molecule has 3 aromatic carbocycles. The molecule has 236 valence electrons. The van der Waals surface area contributed by atoms with Gasteiger partial charge in [-0.15, -0.1) is 0 Å². The second kappa shape index (κ2) is 13.5. The minimum atomic E-state index is -0.360. The highest BCUT2D eigenvalue weighted by molar-refractivity contribution is 6.05. The molecule has 5 rings (SSSR count). The number of amides is 1. The van der Waals surface area contributed by atoms with Crippen molar-refractivity contribution in [3.63, 3.8) is 0 Å². The maximum Gasteiger partial charge on any atom is 0.291 e. The number of ether oxygens (including phenoxy) is 2. The zero-order chi connectivity index (χ0) is 32.1. The third kappa shape index (κ3) is 7.71. The van der Waals surface area contributed by atoms with Gasteiger partial charge in [-0.2, -0.15) is 0 Å². The molecule has 0 spiro atoms. The molecule has 45 heavy (non-hydrogen) atoms. The number of nitrogens with zero attached hydrogens (tertiary/aromatic N) is 2. The average molecular weight is 611 g/mol. The summed E-state index contributed by atoms with van der Waals surface area (Å²) in [6, 6.07) is 18.6. The predicted molar refractivity (Wildman–Crippen MR) is 180 cm³/mol. The number of carbonyl (C=O) groups is 1. The minimum Gasteiger partial charge on any atom is -0.490 e. The molecular weight excluding hydrogens is 568 g/mol. The number of morpholine rings is 1. The Morgan fingerprint density at radius 2 is 1.80 bits per heavy atom. The quantitative estimate of drug-likeness (QED) is 0.179. The Bertz CT molecular complexity index is 1720. The molecule has 0 bridgehead atoms. The van der Waals surface area contributed by atoms with E-state index in [1.54, 1.807) is 25.1 Å². The van der Waals surface area contributed by atoms with Crippen molar-refractivity contribution in [1.29, 1.82) is 0 Å². The molecule has 0 atom stereocenters. The Kier molecular flexibility index (Phi) is 9.55. The highest BCUT2D eigenvalue weighted by Crippen LogP contribution is 2.31. The van der Waals surface area contributed by atoms with Gasteiger partial charge in [0, 0.05) is 47.8 Å². The summed E-state index contributed by atoms with van der Waals surface area (Å²) in [7, 11) is 0. The van der Waals surface area contributed by atoms with Crippen LogP contribution < -0.4 is 26.7 Å². The number of carbonyl (C=O) groups excluding carboxylic acids is 1. The number of aromatic amines is 1. The van der Waals surface area contributed by atoms with Crippen LogP contribution in [0.4, 0.5) is 22.9 Å². The fourth-order valence-electron chi connectivity index (χ4n) is 5.23. The first-order valence-electron chi connectivity index (χ1n) is 15.2. The van der Waals surface area contributed by atoms with Crippen LogP contribution in [-0.4, -0.2) is 60.2 Å². The number of hydrogen-bond acceptors (Lipinski definition) is 8. The lowest BCUT2D eigenvalue weighted by Gasteiger charge is -2.26. The number of nitrogens with one attached hydrogen (secondary N) is 3. The molecule has 5 N–H and O–H groups in total. The van der Waals surface area contributed by atoms with E-state index in [1.165, 1.54) is 0 Å². The number of aryl methyl sites for hydroxylation is 1. The Morgan fingerprint density at radius 3 is 2.49 bits per heavy atom. The first-order valence-corrected chi connectivity index (χ1v) is 15.2. The molecule has 10 nitrogen and oxygen atoms in total. The van der Waals surface area contributed by atoms with Crippen LogP contribution in [-0.2, 0) is 10.2 Å². The smallest absolute Gasteiger partial charge is 0.291 e. The van der Waals surface area contributed by atoms with Crippen LogP contribution in [0.15, 0.2) is 65.5 Å². The summed E-state index contributed by atoms with van der Waals surface area (Å²) in [5, 5.41) is 6.14. The van der Waals surface area contributed by atoms with Crippen LogP contribution in [0.25, 0.3) is 11.3 Å². The number of nitrogens with two attached hydrogens (primary N) is 1. The summed E-state index contributed by atoms with van der Waals surface area (Å²) in [4.78, 5) is 35.9. The largest absolute Gasteiger partial charge is 0.490 e. The van der Waals surface area contributed by atoms with E-state index in [-0.39, 0.29) is 22.7 Å². The Balaban J connectivity index is 1.31. The van der Waals surface area contributed by atoms with Crippen molar-refractivity contribution in [1.82, 2.24) is 14.9 Å². The lowest BCUT2D eigenvalue weighted by atomic mass is 9.86. The van der Waals surface area contributed by atoms with Crippen LogP contribution >= 0.6 is 0 Å². The van der Waals surface area contributed by atoms with Gasteiger partial charge in [-0.25, -0.2) is 4.98 Å². The van der Waals surface area contributed by atoms with E-state index >= 15 is 0 Å². The van der Waals surface area contributed by atoms with Crippen molar-refractivity contribution < 1.29 is 14.3 Å². The highest BCUT2D eigenvalue weighted by Gasteiger charge is 2.18. The van der Waals surface area contributed by atoms with Crippen LogP contribution in [0.3, 0.4) is 0 Å². The van der Waals surface area contributed by atoms with Crippen molar-refractivity contribution in [3.8, 4) is 17.0 Å². The van der Waals surface area contributed by atoms with Gasteiger partial charge in [0.15, 0.2) is 5.82 Å². The molecule has 1 aliphatic rings. The van der Waals surface area contributed by atoms with E-state index in [9.17, 15) is 9.59 Å². The van der Waals surface area contributed by atoms with Crippen molar-refractivity contribution >= 4 is 28.8 Å². The number of nitrogen functional groups attached to an aromatic ring is 1. The normalized spacial score (nSPS) is 13.8. The van der Waals surface area contributed by atoms with E-state index in [0.29, 0.717) is 46.4 Å². The molecule has 10 heteroatoms. The molecule has 1 amide bonds. The molecule has 2 heterocycles. The number of H-pyrrole nitrogens is 1. The first kappa shape index (κ1) is 31.7. The van der Waals surface area contributed by atoms with Gasteiger partial charge in [-0.05, 0) is 66.8 Å². The van der Waals surface area contributed by atoms with E-state index in [4.69, 9.17) is 20.2 Å². The number of aromatic nitrogens is 2. The second-order valence-corrected chi connectivity index (χ2v) is 12.3. The third-order valence-electron chi connectivity index (χ3n) is 7.99. The van der Waals surface area contributed by atoms with Crippen LogP contribution in [0.1, 0.15) is 48.0 Å². The molecule has 0 aliphatic carbocycles. The fourth-order valence-corrected chi connectivity index (χ4v) is 5.23. The zero-order valence-electron chi connectivity index (χ0n) is 26.6. The Hall–Kier alpha value is -4.67. The van der Waals surface area contributed by atoms with Gasteiger partial charge in [0.25, 0.3) is 11.5 Å². The van der Waals surface area contributed by atoms with Crippen molar-refractivity contribution in [2.45, 2.75) is 40.0 Å². The summed E-state index contributed by atoms with van der Waals surface area (Å²) in [6.07, 6.45) is 0. The number of rotatable bonds is 9. The van der Waals surface area contributed by atoms with Crippen molar-refractivity contribution in [2.75, 3.05) is 55.8 Å². The molecule has 1 aliphatic heterocycles. The maximum absolute atomic E-state index is 13.1. The van der Waals surface area contributed by atoms with Gasteiger partial charge in [-0.1, -0.05) is 45.0 Å². The summed E-state index contributed by atoms with van der Waals surface area (Å²) in [6.45, 7) is 14.7. The second-order valence-electron chi connectivity index (χ2n) is 12.3. The summed E-state index contributed by atoms with van der Waals surface area (Å²) >= 11 is 0. The molecule has 1 aromatic heterocycles. The monoisotopic (exact) mass is 610 g/mol. The van der Waals surface area contributed by atoms with Crippen molar-refractivity contribution in [3.05, 3.63) is 93.4 Å². The molecule has 1 saturated heterocycles. The Morgan fingerprint density at radius 1 is 1.07 bits per heavy atom. The fraction of sp³-hybridized carbons (Fsp3) is 0.343.